The summed E-state index contributed by atoms with van der Waals surface area (Å²) in [5, 5.41) is 3.40. The van der Waals surface area contributed by atoms with E-state index in [2.05, 4.69) is 10.0 Å². The molecule has 0 radical (unpaired) electrons. The van der Waals surface area contributed by atoms with Crippen LogP contribution in [0.15, 0.2) is 0 Å². The summed E-state index contributed by atoms with van der Waals surface area (Å²) in [6.07, 6.45) is 6.60. The van der Waals surface area contributed by atoms with Crippen LogP contribution in [0.5, 0.6) is 0 Å². The summed E-state index contributed by atoms with van der Waals surface area (Å²) in [5.74, 6) is 0.563. The molecule has 3 fully saturated rings. The van der Waals surface area contributed by atoms with Crippen molar-refractivity contribution >= 4 is 10.2 Å². The van der Waals surface area contributed by atoms with Crippen LogP contribution in [0.3, 0.4) is 0 Å². The number of hydrogen-bond acceptors (Lipinski definition) is 4. The summed E-state index contributed by atoms with van der Waals surface area (Å²) in [6, 6.07) is 0.634. The summed E-state index contributed by atoms with van der Waals surface area (Å²) in [4.78, 5) is 0. The van der Waals surface area contributed by atoms with Crippen molar-refractivity contribution in [2.75, 3.05) is 26.7 Å². The fraction of sp³-hybridized carbons (Fsp3) is 1.00. The van der Waals surface area contributed by atoms with Crippen molar-refractivity contribution < 1.29 is 13.2 Å². The van der Waals surface area contributed by atoms with Gasteiger partial charge in [0.2, 0.25) is 0 Å². The van der Waals surface area contributed by atoms with E-state index in [1.807, 2.05) is 0 Å². The van der Waals surface area contributed by atoms with Gasteiger partial charge in [0.15, 0.2) is 0 Å². The highest BCUT2D eigenvalue weighted by atomic mass is 32.2. The van der Waals surface area contributed by atoms with Crippen LogP contribution < -0.4 is 10.0 Å². The third-order valence-corrected chi connectivity index (χ3v) is 6.20. The minimum absolute atomic E-state index is 0.0467. The molecule has 3 aliphatic rings. The summed E-state index contributed by atoms with van der Waals surface area (Å²) in [6.45, 7) is 2.11. The van der Waals surface area contributed by atoms with E-state index in [-0.39, 0.29) is 12.1 Å². The molecule has 122 valence electrons. The number of hydrogen-bond donors (Lipinski definition) is 2. The van der Waals surface area contributed by atoms with Gasteiger partial charge >= 0.3 is 0 Å². The molecule has 0 aromatic rings. The van der Waals surface area contributed by atoms with Gasteiger partial charge in [-0.15, -0.1) is 0 Å². The Bertz CT molecular complexity index is 448. The maximum Gasteiger partial charge on any atom is 0.279 e. The molecule has 1 aliphatic heterocycles. The Labute approximate surface area is 127 Å². The summed E-state index contributed by atoms with van der Waals surface area (Å²) >= 11 is 0. The molecular weight excluding hydrogens is 290 g/mol. The second-order valence-corrected chi connectivity index (χ2v) is 8.40. The lowest BCUT2D eigenvalue weighted by Gasteiger charge is -2.23. The molecule has 7 heteroatoms. The highest BCUT2D eigenvalue weighted by Crippen LogP contribution is 2.38. The molecule has 0 aromatic heterocycles. The molecule has 2 atom stereocenters. The van der Waals surface area contributed by atoms with Gasteiger partial charge in [-0.2, -0.15) is 17.4 Å². The molecule has 2 unspecified atom stereocenters. The fourth-order valence-corrected chi connectivity index (χ4v) is 4.11. The van der Waals surface area contributed by atoms with E-state index in [9.17, 15) is 8.42 Å². The second kappa shape index (κ2) is 6.50. The van der Waals surface area contributed by atoms with Crippen molar-refractivity contribution in [2.45, 2.75) is 56.7 Å². The van der Waals surface area contributed by atoms with E-state index in [0.29, 0.717) is 25.1 Å². The van der Waals surface area contributed by atoms with Crippen LogP contribution in [0.1, 0.15) is 38.5 Å². The van der Waals surface area contributed by atoms with Crippen molar-refractivity contribution in [3.05, 3.63) is 0 Å². The molecule has 0 bridgehead atoms. The van der Waals surface area contributed by atoms with E-state index >= 15 is 0 Å². The molecule has 3 rings (SSSR count). The molecule has 1 saturated heterocycles. The third-order valence-electron chi connectivity index (χ3n) is 4.59. The Morgan fingerprint density at radius 2 is 1.95 bits per heavy atom. The Balaban J connectivity index is 1.43. The van der Waals surface area contributed by atoms with Crippen LogP contribution in [0.4, 0.5) is 0 Å². The highest BCUT2D eigenvalue weighted by molar-refractivity contribution is 7.87. The van der Waals surface area contributed by atoms with E-state index in [0.717, 1.165) is 19.4 Å². The predicted octanol–water partition coefficient (Wildman–Crippen LogP) is 0.462. The van der Waals surface area contributed by atoms with Crippen molar-refractivity contribution in [3.63, 3.8) is 0 Å². The molecule has 0 aromatic carbocycles. The largest absolute Gasteiger partial charge is 0.376 e. The molecule has 6 nitrogen and oxygen atoms in total. The smallest absolute Gasteiger partial charge is 0.279 e. The van der Waals surface area contributed by atoms with Gasteiger partial charge in [0.05, 0.1) is 12.1 Å². The van der Waals surface area contributed by atoms with Crippen LogP contribution in [0.25, 0.3) is 0 Å². The molecule has 2 aliphatic carbocycles. The summed E-state index contributed by atoms with van der Waals surface area (Å²) in [7, 11) is -1.74. The lowest BCUT2D eigenvalue weighted by atomic mass is 10.1. The van der Waals surface area contributed by atoms with Gasteiger partial charge in [0, 0.05) is 26.2 Å². The lowest BCUT2D eigenvalue weighted by molar-refractivity contribution is 0.0845. The van der Waals surface area contributed by atoms with E-state index < -0.39 is 10.2 Å². The van der Waals surface area contributed by atoms with Crippen LogP contribution >= 0.6 is 0 Å². The molecule has 1 heterocycles. The minimum atomic E-state index is -3.39. The first kappa shape index (κ1) is 15.7. The van der Waals surface area contributed by atoms with E-state index in [4.69, 9.17) is 4.74 Å². The Morgan fingerprint density at radius 1 is 1.19 bits per heavy atom. The molecular formula is C14H27N3O3S. The third kappa shape index (κ3) is 4.39. The van der Waals surface area contributed by atoms with Gasteiger partial charge in [-0.3, -0.25) is 0 Å². The minimum Gasteiger partial charge on any atom is -0.376 e. The maximum absolute atomic E-state index is 12.4. The number of nitrogens with one attached hydrogen (secondary N) is 2. The van der Waals surface area contributed by atoms with Crippen molar-refractivity contribution in [3.8, 4) is 0 Å². The van der Waals surface area contributed by atoms with Crippen LogP contribution in [0.2, 0.25) is 0 Å². The number of nitrogens with zero attached hydrogens (tertiary/aromatic N) is 1. The van der Waals surface area contributed by atoms with Crippen molar-refractivity contribution in [2.24, 2.45) is 5.92 Å². The van der Waals surface area contributed by atoms with Gasteiger partial charge in [-0.25, -0.2) is 0 Å². The zero-order valence-corrected chi connectivity index (χ0v) is 13.6. The first-order chi connectivity index (χ1) is 10.1. The maximum atomic E-state index is 12.4. The van der Waals surface area contributed by atoms with Crippen molar-refractivity contribution in [1.82, 2.24) is 14.3 Å². The van der Waals surface area contributed by atoms with Gasteiger partial charge in [0.1, 0.15) is 0 Å². The number of rotatable bonds is 9. The summed E-state index contributed by atoms with van der Waals surface area (Å²) < 4.78 is 34.7. The molecule has 0 amide bonds. The van der Waals surface area contributed by atoms with Crippen molar-refractivity contribution in [1.29, 1.82) is 0 Å². The number of ether oxygens (including phenoxy) is 1. The topological polar surface area (TPSA) is 70.7 Å². The first-order valence-corrected chi connectivity index (χ1v) is 9.59. The average molecular weight is 317 g/mol. The molecule has 2 saturated carbocycles. The van der Waals surface area contributed by atoms with Crippen LogP contribution in [-0.2, 0) is 14.9 Å². The Kier molecular flexibility index (Phi) is 4.85. The van der Waals surface area contributed by atoms with Crippen LogP contribution in [0, 0.1) is 5.92 Å². The Morgan fingerprint density at radius 3 is 2.62 bits per heavy atom. The Hall–Kier alpha value is -0.210. The average Bonchev–Trinajstić information content (AvgIpc) is 3.35. The zero-order valence-electron chi connectivity index (χ0n) is 12.8. The highest BCUT2D eigenvalue weighted by Gasteiger charge is 2.42. The van der Waals surface area contributed by atoms with Gasteiger partial charge in [-0.05, 0) is 51.0 Å². The molecule has 2 N–H and O–H groups in total. The monoisotopic (exact) mass is 317 g/mol. The van der Waals surface area contributed by atoms with Gasteiger partial charge < -0.3 is 10.1 Å². The van der Waals surface area contributed by atoms with Gasteiger partial charge in [-0.1, -0.05) is 0 Å². The predicted molar refractivity (Wildman–Crippen MR) is 81.2 cm³/mol. The van der Waals surface area contributed by atoms with E-state index in [1.54, 1.807) is 7.05 Å². The summed E-state index contributed by atoms with van der Waals surface area (Å²) in [5.41, 5.74) is 0. The first-order valence-electron chi connectivity index (χ1n) is 8.15. The normalized spacial score (nSPS) is 30.2. The molecule has 0 spiro atoms. The molecule has 21 heavy (non-hydrogen) atoms. The zero-order chi connectivity index (χ0) is 14.9. The second-order valence-electron chi connectivity index (χ2n) is 6.59. The van der Waals surface area contributed by atoms with Crippen LogP contribution in [-0.4, -0.2) is 57.7 Å². The van der Waals surface area contributed by atoms with Gasteiger partial charge in [0.25, 0.3) is 10.2 Å². The fourth-order valence-electron chi connectivity index (χ4n) is 2.92. The lowest BCUT2D eigenvalue weighted by Crippen LogP contribution is -2.47. The quantitative estimate of drug-likeness (QED) is 0.606. The standard InChI is InChI=1S/C14H27N3O3S/c1-17(9-2-8-15-12-5-6-12)21(18,19)16-13-7-10-20-14(13)11-3-4-11/h11-16H,2-10H2,1H3. The van der Waals surface area contributed by atoms with E-state index in [1.165, 1.54) is 30.0 Å². The SMILES string of the molecule is CN(CCCNC1CC1)S(=O)(=O)NC1CCOC1C1CC1.